The smallest absolute Gasteiger partial charge is 0.392 e. The monoisotopic (exact) mass is 413 g/mol. The van der Waals surface area contributed by atoms with Crippen molar-refractivity contribution in [2.75, 3.05) is 26.9 Å². The van der Waals surface area contributed by atoms with Crippen molar-refractivity contribution in [2.24, 2.45) is 0 Å². The average molecular weight is 413 g/mol. The number of hydrogen-bond donors (Lipinski definition) is 0. The molecule has 1 saturated heterocycles. The maximum absolute atomic E-state index is 13.6. The molecule has 8 nitrogen and oxygen atoms in total. The van der Waals surface area contributed by atoms with Crippen LogP contribution in [0.25, 0.3) is 0 Å². The Morgan fingerprint density at radius 1 is 1.29 bits per heavy atom. The zero-order chi connectivity index (χ0) is 20.6. The van der Waals surface area contributed by atoms with Crippen molar-refractivity contribution < 1.29 is 32.8 Å². The van der Waals surface area contributed by atoms with Gasteiger partial charge in [0.25, 0.3) is 5.91 Å². The molecule has 2 unspecified atom stereocenters. The average Bonchev–Trinajstić information content (AvgIpc) is 2.69. The Kier molecular flexibility index (Phi) is 8.48. The Hall–Kier alpha value is -1.89. The highest BCUT2D eigenvalue weighted by atomic mass is 31.2. The van der Waals surface area contributed by atoms with Gasteiger partial charge in [0.15, 0.2) is 12.3 Å². The fourth-order valence-corrected chi connectivity index (χ4v) is 4.66. The van der Waals surface area contributed by atoms with Crippen LogP contribution in [0, 0.1) is 6.92 Å². The number of aryl methyl sites for hydroxylation is 1. The van der Waals surface area contributed by atoms with Gasteiger partial charge in [-0.1, -0.05) is 31.0 Å². The molecule has 156 valence electrons. The quantitative estimate of drug-likeness (QED) is 0.329. The number of unbranched alkanes of at least 4 members (excludes halogenated alkanes) is 1. The molecule has 0 saturated carbocycles. The first-order chi connectivity index (χ1) is 13.4. The van der Waals surface area contributed by atoms with Gasteiger partial charge in [0.1, 0.15) is 5.75 Å². The van der Waals surface area contributed by atoms with E-state index in [-0.39, 0.29) is 0 Å². The van der Waals surface area contributed by atoms with Crippen LogP contribution in [0.4, 0.5) is 0 Å². The van der Waals surface area contributed by atoms with Crippen LogP contribution in [0.5, 0.6) is 5.75 Å². The maximum Gasteiger partial charge on any atom is 0.392 e. The topological polar surface area (TPSA) is 91.4 Å². The minimum absolute atomic E-state index is 0.302. The first-order valence-corrected chi connectivity index (χ1v) is 11.0. The number of rotatable bonds is 10. The number of carbonyl (C=O) groups excluding carboxylic acids is 2. The second-order valence-electron chi connectivity index (χ2n) is 6.58. The molecule has 1 aliphatic rings. The number of hydroxylamine groups is 2. The van der Waals surface area contributed by atoms with E-state index in [0.29, 0.717) is 31.7 Å². The third-order valence-corrected chi connectivity index (χ3v) is 6.54. The summed E-state index contributed by atoms with van der Waals surface area (Å²) in [4.78, 5) is 29.9. The van der Waals surface area contributed by atoms with E-state index in [9.17, 15) is 14.2 Å². The molecule has 1 heterocycles. The lowest BCUT2D eigenvalue weighted by Gasteiger charge is -2.34. The highest BCUT2D eigenvalue weighted by Gasteiger charge is 2.47. The molecule has 0 N–H and O–H groups in total. The van der Waals surface area contributed by atoms with Crippen LogP contribution < -0.4 is 4.52 Å². The van der Waals surface area contributed by atoms with Crippen molar-refractivity contribution >= 4 is 19.5 Å². The first-order valence-electron chi connectivity index (χ1n) is 9.41. The molecule has 2 atom stereocenters. The summed E-state index contributed by atoms with van der Waals surface area (Å²) in [6.45, 7) is 4.18. The molecule has 9 heteroatoms. The van der Waals surface area contributed by atoms with E-state index in [4.69, 9.17) is 13.9 Å². The number of nitrogens with zero attached hydrogens (tertiary/aromatic N) is 1. The molecule has 0 aromatic heterocycles. The summed E-state index contributed by atoms with van der Waals surface area (Å²) in [7, 11) is -2.80. The minimum atomic E-state index is -4.00. The molecule has 1 aliphatic heterocycles. The molecular formula is C19H28NO7P. The number of esters is 1. The van der Waals surface area contributed by atoms with E-state index in [1.165, 1.54) is 12.2 Å². The van der Waals surface area contributed by atoms with Crippen molar-refractivity contribution in [1.82, 2.24) is 5.06 Å². The number of piperidine rings is 1. The number of benzene rings is 1. The molecule has 1 aromatic rings. The Bertz CT molecular complexity index is 707. The van der Waals surface area contributed by atoms with Gasteiger partial charge in [-0.2, -0.15) is 0 Å². The third-order valence-electron chi connectivity index (χ3n) is 4.34. The summed E-state index contributed by atoms with van der Waals surface area (Å²) < 4.78 is 29.1. The summed E-state index contributed by atoms with van der Waals surface area (Å²) in [5.74, 6) is -0.856. The molecule has 0 spiro atoms. The van der Waals surface area contributed by atoms with Crippen LogP contribution >= 0.6 is 7.60 Å². The van der Waals surface area contributed by atoms with Gasteiger partial charge in [-0.25, -0.2) is 14.4 Å². The number of ether oxygens (including phenoxy) is 1. The predicted molar refractivity (Wildman–Crippen MR) is 103 cm³/mol. The number of carbonyl (C=O) groups is 2. The molecule has 28 heavy (non-hydrogen) atoms. The van der Waals surface area contributed by atoms with E-state index in [0.717, 1.165) is 18.4 Å². The number of methoxy groups -OCH3 is 1. The van der Waals surface area contributed by atoms with Crippen LogP contribution in [-0.2, 0) is 28.3 Å². The molecule has 1 aromatic carbocycles. The maximum atomic E-state index is 13.6. The molecule has 0 aliphatic carbocycles. The highest BCUT2D eigenvalue weighted by molar-refractivity contribution is 7.56. The van der Waals surface area contributed by atoms with Gasteiger partial charge in [0.05, 0.1) is 13.7 Å². The van der Waals surface area contributed by atoms with E-state index in [2.05, 4.69) is 4.74 Å². The zero-order valence-corrected chi connectivity index (χ0v) is 17.5. The number of hydrogen-bond acceptors (Lipinski definition) is 7. The number of amides is 1. The largest absolute Gasteiger partial charge is 0.467 e. The predicted octanol–water partition coefficient (Wildman–Crippen LogP) is 3.48. The van der Waals surface area contributed by atoms with E-state index >= 15 is 0 Å². The van der Waals surface area contributed by atoms with Crippen LogP contribution in [-0.4, -0.2) is 49.5 Å². The molecule has 1 fully saturated rings. The lowest BCUT2D eigenvalue weighted by Crippen LogP contribution is -2.45. The molecular weight excluding hydrogens is 385 g/mol. The third kappa shape index (κ3) is 6.06. The van der Waals surface area contributed by atoms with Gasteiger partial charge in [-0.3, -0.25) is 14.2 Å². The zero-order valence-electron chi connectivity index (χ0n) is 16.6. The van der Waals surface area contributed by atoms with Crippen molar-refractivity contribution in [3.63, 3.8) is 0 Å². The SMILES string of the molecule is CCCCON1CCCC(P(=O)(OCC(=O)OC)Oc2ccc(C)cc2)C1=O. The lowest BCUT2D eigenvalue weighted by atomic mass is 10.1. The Morgan fingerprint density at radius 3 is 2.64 bits per heavy atom. The molecule has 1 amide bonds. The van der Waals surface area contributed by atoms with Crippen molar-refractivity contribution in [2.45, 2.75) is 45.2 Å². The van der Waals surface area contributed by atoms with Crippen molar-refractivity contribution in [1.29, 1.82) is 0 Å². The van der Waals surface area contributed by atoms with Gasteiger partial charge in [-0.15, -0.1) is 0 Å². The van der Waals surface area contributed by atoms with Crippen LogP contribution in [0.3, 0.4) is 0 Å². The molecule has 0 radical (unpaired) electrons. The van der Waals surface area contributed by atoms with Crippen LogP contribution in [0.15, 0.2) is 24.3 Å². The fraction of sp³-hybridized carbons (Fsp3) is 0.579. The van der Waals surface area contributed by atoms with Gasteiger partial charge >= 0.3 is 13.6 Å². The molecule has 0 bridgehead atoms. The highest BCUT2D eigenvalue weighted by Crippen LogP contribution is 2.55. The Morgan fingerprint density at radius 2 is 2.00 bits per heavy atom. The van der Waals surface area contributed by atoms with Gasteiger partial charge in [-0.05, 0) is 38.3 Å². The lowest BCUT2D eigenvalue weighted by molar-refractivity contribution is -0.191. The fourth-order valence-electron chi connectivity index (χ4n) is 2.70. The Balaban J connectivity index is 2.20. The van der Waals surface area contributed by atoms with Gasteiger partial charge in [0.2, 0.25) is 0 Å². The summed E-state index contributed by atoms with van der Waals surface area (Å²) in [5, 5.41) is 1.23. The summed E-state index contributed by atoms with van der Waals surface area (Å²) in [6.07, 6.45) is 2.65. The summed E-state index contributed by atoms with van der Waals surface area (Å²) >= 11 is 0. The summed E-state index contributed by atoms with van der Waals surface area (Å²) in [6, 6.07) is 6.88. The van der Waals surface area contributed by atoms with Crippen molar-refractivity contribution in [3.8, 4) is 5.75 Å². The molecule has 2 rings (SSSR count). The summed E-state index contributed by atoms with van der Waals surface area (Å²) in [5.41, 5.74) is -0.0456. The second-order valence-corrected chi connectivity index (χ2v) is 8.72. The van der Waals surface area contributed by atoms with Crippen molar-refractivity contribution in [3.05, 3.63) is 29.8 Å². The normalized spacial score (nSPS) is 19.2. The Labute approximate surface area is 165 Å². The van der Waals surface area contributed by atoms with Gasteiger partial charge in [0, 0.05) is 6.54 Å². The van der Waals surface area contributed by atoms with E-state index in [1.807, 2.05) is 13.8 Å². The van der Waals surface area contributed by atoms with Crippen LogP contribution in [0.1, 0.15) is 38.2 Å². The minimum Gasteiger partial charge on any atom is -0.467 e. The van der Waals surface area contributed by atoms with Crippen LogP contribution in [0.2, 0.25) is 0 Å². The van der Waals surface area contributed by atoms with E-state index in [1.54, 1.807) is 24.3 Å². The first kappa shape index (κ1) is 22.4. The van der Waals surface area contributed by atoms with Gasteiger partial charge < -0.3 is 9.26 Å². The standard InChI is InChI=1S/C19H28NO7P/c1-4-5-13-25-20-12-6-7-17(19(20)22)28(23,26-14-18(21)24-3)27-16-10-8-15(2)9-11-16/h8-11,17H,4-7,12-14H2,1-3H3. The second kappa shape index (κ2) is 10.6. The van der Waals surface area contributed by atoms with E-state index < -0.39 is 31.7 Å².